The highest BCUT2D eigenvalue weighted by Crippen LogP contribution is 2.27. The molecule has 0 amide bonds. The second kappa shape index (κ2) is 5.86. The van der Waals surface area contributed by atoms with Crippen molar-refractivity contribution in [3.8, 4) is 0 Å². The quantitative estimate of drug-likeness (QED) is 0.706. The van der Waals surface area contributed by atoms with E-state index in [2.05, 4.69) is 0 Å². The van der Waals surface area contributed by atoms with Crippen LogP contribution in [0.5, 0.6) is 0 Å². The molecule has 0 aromatic rings. The zero-order valence-electron chi connectivity index (χ0n) is 8.11. The molecular weight excluding hydrogens is 186 g/mol. The van der Waals surface area contributed by atoms with E-state index in [4.69, 9.17) is 15.6 Å². The Hall–Kier alpha value is 0.230. The van der Waals surface area contributed by atoms with Crippen molar-refractivity contribution < 1.29 is 9.84 Å². The second-order valence-electron chi connectivity index (χ2n) is 3.53. The van der Waals surface area contributed by atoms with Crippen LogP contribution in [0.4, 0.5) is 0 Å². The lowest BCUT2D eigenvalue weighted by Gasteiger charge is -2.27. The molecule has 2 unspecified atom stereocenters. The van der Waals surface area contributed by atoms with Crippen LogP contribution in [0, 0.1) is 0 Å². The van der Waals surface area contributed by atoms with Crippen LogP contribution in [0.1, 0.15) is 19.8 Å². The van der Waals surface area contributed by atoms with Crippen LogP contribution in [0.2, 0.25) is 0 Å². The molecular formula is C9H19NO2S. The Balaban J connectivity index is 2.27. The van der Waals surface area contributed by atoms with E-state index in [-0.39, 0.29) is 17.9 Å². The lowest BCUT2D eigenvalue weighted by molar-refractivity contribution is 0.0998. The molecule has 1 heterocycles. The average molecular weight is 205 g/mol. The van der Waals surface area contributed by atoms with Gasteiger partial charge in [-0.25, -0.2) is 0 Å². The number of aliphatic hydroxyl groups is 1. The van der Waals surface area contributed by atoms with E-state index in [1.807, 2.05) is 18.7 Å². The van der Waals surface area contributed by atoms with Crippen LogP contribution in [-0.2, 0) is 4.74 Å². The van der Waals surface area contributed by atoms with Gasteiger partial charge in [0.25, 0.3) is 0 Å². The Morgan fingerprint density at radius 1 is 1.54 bits per heavy atom. The van der Waals surface area contributed by atoms with Gasteiger partial charge in [0.15, 0.2) is 0 Å². The molecule has 13 heavy (non-hydrogen) atoms. The molecule has 2 atom stereocenters. The minimum Gasteiger partial charge on any atom is -0.395 e. The third-order valence-corrected chi connectivity index (χ3v) is 4.09. The molecule has 0 saturated carbocycles. The standard InChI is InChI=1S/C9H19NO2S/c1-7(10)9(6-11)13-8-2-4-12-5-3-8/h7-9,11H,2-6,10H2,1H3. The molecule has 0 aliphatic carbocycles. The van der Waals surface area contributed by atoms with Crippen molar-refractivity contribution in [3.63, 3.8) is 0 Å². The van der Waals surface area contributed by atoms with Crippen molar-refractivity contribution >= 4 is 11.8 Å². The first-order valence-corrected chi connectivity index (χ1v) is 5.78. The van der Waals surface area contributed by atoms with Crippen molar-refractivity contribution in [3.05, 3.63) is 0 Å². The lowest BCUT2D eigenvalue weighted by atomic mass is 10.2. The molecule has 0 aromatic carbocycles. The van der Waals surface area contributed by atoms with Gasteiger partial charge in [-0.15, -0.1) is 0 Å². The van der Waals surface area contributed by atoms with Gasteiger partial charge < -0.3 is 15.6 Å². The normalized spacial score (nSPS) is 24.2. The molecule has 3 N–H and O–H groups in total. The third kappa shape index (κ3) is 3.85. The summed E-state index contributed by atoms with van der Waals surface area (Å²) in [5.74, 6) is 0. The molecule has 1 saturated heterocycles. The molecule has 78 valence electrons. The van der Waals surface area contributed by atoms with Gasteiger partial charge in [0.1, 0.15) is 0 Å². The Labute approximate surface area is 84.0 Å². The average Bonchev–Trinajstić information content (AvgIpc) is 2.15. The van der Waals surface area contributed by atoms with Crippen molar-refractivity contribution in [1.29, 1.82) is 0 Å². The summed E-state index contributed by atoms with van der Waals surface area (Å²) in [5, 5.41) is 9.90. The van der Waals surface area contributed by atoms with Gasteiger partial charge >= 0.3 is 0 Å². The summed E-state index contributed by atoms with van der Waals surface area (Å²) in [7, 11) is 0. The molecule has 0 aromatic heterocycles. The van der Waals surface area contributed by atoms with E-state index in [0.29, 0.717) is 5.25 Å². The topological polar surface area (TPSA) is 55.5 Å². The summed E-state index contributed by atoms with van der Waals surface area (Å²) in [6.45, 7) is 3.84. The highest BCUT2D eigenvalue weighted by Gasteiger charge is 2.21. The molecule has 0 bridgehead atoms. The number of hydrogen-bond acceptors (Lipinski definition) is 4. The highest BCUT2D eigenvalue weighted by atomic mass is 32.2. The van der Waals surface area contributed by atoms with Crippen molar-refractivity contribution in [1.82, 2.24) is 0 Å². The zero-order chi connectivity index (χ0) is 9.68. The van der Waals surface area contributed by atoms with Crippen molar-refractivity contribution in [2.45, 2.75) is 36.3 Å². The summed E-state index contributed by atoms with van der Waals surface area (Å²) in [6.07, 6.45) is 2.18. The van der Waals surface area contributed by atoms with Gasteiger partial charge in [0.2, 0.25) is 0 Å². The number of ether oxygens (including phenoxy) is 1. The third-order valence-electron chi connectivity index (χ3n) is 2.30. The zero-order valence-corrected chi connectivity index (χ0v) is 8.93. The number of hydrogen-bond donors (Lipinski definition) is 2. The Kier molecular flexibility index (Phi) is 5.09. The van der Waals surface area contributed by atoms with Gasteiger partial charge in [-0.05, 0) is 19.8 Å². The second-order valence-corrected chi connectivity index (χ2v) is 5.07. The van der Waals surface area contributed by atoms with Crippen LogP contribution in [0.3, 0.4) is 0 Å². The Bertz CT molecular complexity index is 138. The van der Waals surface area contributed by atoms with Gasteiger partial charge in [0, 0.05) is 29.8 Å². The maximum atomic E-state index is 9.10. The van der Waals surface area contributed by atoms with E-state index >= 15 is 0 Å². The van der Waals surface area contributed by atoms with Gasteiger partial charge in [-0.1, -0.05) is 0 Å². The summed E-state index contributed by atoms with van der Waals surface area (Å²) in [4.78, 5) is 0. The van der Waals surface area contributed by atoms with Crippen LogP contribution >= 0.6 is 11.8 Å². The molecule has 0 radical (unpaired) electrons. The molecule has 1 aliphatic rings. The summed E-state index contributed by atoms with van der Waals surface area (Å²) in [6, 6.07) is 0.0674. The Morgan fingerprint density at radius 2 is 2.15 bits per heavy atom. The monoisotopic (exact) mass is 205 g/mol. The fourth-order valence-electron chi connectivity index (χ4n) is 1.39. The molecule has 0 spiro atoms. The summed E-state index contributed by atoms with van der Waals surface area (Å²) < 4.78 is 5.27. The summed E-state index contributed by atoms with van der Waals surface area (Å²) in [5.41, 5.74) is 5.75. The van der Waals surface area contributed by atoms with Crippen LogP contribution < -0.4 is 5.73 Å². The first-order chi connectivity index (χ1) is 6.24. The van der Waals surface area contributed by atoms with E-state index in [0.717, 1.165) is 26.1 Å². The summed E-state index contributed by atoms with van der Waals surface area (Å²) >= 11 is 1.82. The van der Waals surface area contributed by atoms with E-state index in [9.17, 15) is 0 Å². The van der Waals surface area contributed by atoms with Gasteiger partial charge in [0.05, 0.1) is 6.61 Å². The molecule has 4 heteroatoms. The van der Waals surface area contributed by atoms with Gasteiger partial charge in [-0.3, -0.25) is 0 Å². The van der Waals surface area contributed by atoms with Crippen molar-refractivity contribution in [2.75, 3.05) is 19.8 Å². The van der Waals surface area contributed by atoms with Gasteiger partial charge in [-0.2, -0.15) is 11.8 Å². The fraction of sp³-hybridized carbons (Fsp3) is 1.00. The smallest absolute Gasteiger partial charge is 0.0565 e. The minimum atomic E-state index is 0.0674. The fourth-order valence-corrected chi connectivity index (χ4v) is 2.69. The number of rotatable bonds is 4. The molecule has 1 fully saturated rings. The maximum absolute atomic E-state index is 9.10. The number of nitrogens with two attached hydrogens (primary N) is 1. The molecule has 1 rings (SSSR count). The maximum Gasteiger partial charge on any atom is 0.0565 e. The Morgan fingerprint density at radius 3 is 2.62 bits per heavy atom. The first kappa shape index (κ1) is 11.3. The van der Waals surface area contributed by atoms with Crippen LogP contribution in [-0.4, -0.2) is 41.5 Å². The van der Waals surface area contributed by atoms with E-state index in [1.54, 1.807) is 0 Å². The first-order valence-electron chi connectivity index (χ1n) is 4.83. The SMILES string of the molecule is CC(N)C(CO)SC1CCOCC1. The highest BCUT2D eigenvalue weighted by molar-refractivity contribution is 8.00. The number of thioether (sulfide) groups is 1. The molecule has 1 aliphatic heterocycles. The predicted octanol–water partition coefficient (Wildman–Crippen LogP) is 0.607. The van der Waals surface area contributed by atoms with E-state index < -0.39 is 0 Å². The predicted molar refractivity (Wildman–Crippen MR) is 56.0 cm³/mol. The molecule has 3 nitrogen and oxygen atoms in total. The minimum absolute atomic E-state index is 0.0674. The van der Waals surface area contributed by atoms with Crippen molar-refractivity contribution in [2.24, 2.45) is 5.73 Å². The number of aliphatic hydroxyl groups excluding tert-OH is 1. The van der Waals surface area contributed by atoms with Crippen LogP contribution in [0.15, 0.2) is 0 Å². The van der Waals surface area contributed by atoms with E-state index in [1.165, 1.54) is 0 Å². The lowest BCUT2D eigenvalue weighted by Crippen LogP contribution is -2.34. The largest absolute Gasteiger partial charge is 0.395 e. The van der Waals surface area contributed by atoms with Crippen LogP contribution in [0.25, 0.3) is 0 Å².